The molecule has 0 fully saturated rings. The Bertz CT molecular complexity index is 546. The lowest BCUT2D eigenvalue weighted by Crippen LogP contribution is -2.21. The minimum atomic E-state index is -1.73. The molecule has 0 atom stereocenters. The zero-order valence-electron chi connectivity index (χ0n) is 8.21. The number of nitro benzene ring substituents is 1. The van der Waals surface area contributed by atoms with Gasteiger partial charge in [-0.25, -0.2) is 4.79 Å². The summed E-state index contributed by atoms with van der Waals surface area (Å²) in [6, 6.07) is 4.77. The summed E-state index contributed by atoms with van der Waals surface area (Å²) >= 11 is 0. The molecule has 17 heavy (non-hydrogen) atoms. The number of anilines is 1. The summed E-state index contributed by atoms with van der Waals surface area (Å²) in [6.45, 7) is 0. The molecule has 86 valence electrons. The van der Waals surface area contributed by atoms with Gasteiger partial charge in [0.15, 0.2) is 0 Å². The topological polar surface area (TPSA) is 133 Å². The van der Waals surface area contributed by atoms with Crippen molar-refractivity contribution in [1.82, 2.24) is 0 Å². The molecule has 1 aromatic rings. The number of hydrogen-bond acceptors (Lipinski definition) is 5. The maximum absolute atomic E-state index is 10.8. The predicted molar refractivity (Wildman–Crippen MR) is 54.1 cm³/mol. The third-order valence-corrected chi connectivity index (χ3v) is 1.71. The van der Waals surface area contributed by atoms with E-state index in [0.717, 1.165) is 18.2 Å². The second-order valence-electron chi connectivity index (χ2n) is 2.90. The van der Waals surface area contributed by atoms with Gasteiger partial charge < -0.3 is 10.4 Å². The van der Waals surface area contributed by atoms with Gasteiger partial charge in [-0.2, -0.15) is 5.26 Å². The summed E-state index contributed by atoms with van der Waals surface area (Å²) in [4.78, 5) is 30.9. The molecule has 8 nitrogen and oxygen atoms in total. The molecule has 0 unspecified atom stereocenters. The van der Waals surface area contributed by atoms with E-state index < -0.39 is 22.5 Å². The van der Waals surface area contributed by atoms with Crippen LogP contribution in [-0.4, -0.2) is 21.9 Å². The SMILES string of the molecule is N#Cc1cc(NC(=O)C(=O)O)cc([N+](=O)[O-])c1. The number of carbonyl (C=O) groups excluding carboxylic acids is 1. The van der Waals surface area contributed by atoms with E-state index in [1.807, 2.05) is 5.32 Å². The largest absolute Gasteiger partial charge is 0.474 e. The molecule has 0 radical (unpaired) electrons. The van der Waals surface area contributed by atoms with Crippen LogP contribution in [0.2, 0.25) is 0 Å². The average Bonchev–Trinajstić information content (AvgIpc) is 2.28. The molecular formula is C9H5N3O5. The van der Waals surface area contributed by atoms with Crippen LogP contribution in [0.1, 0.15) is 5.56 Å². The Kier molecular flexibility index (Phi) is 3.36. The van der Waals surface area contributed by atoms with E-state index in [0.29, 0.717) is 0 Å². The van der Waals surface area contributed by atoms with Crippen LogP contribution in [0.5, 0.6) is 0 Å². The Morgan fingerprint density at radius 1 is 1.41 bits per heavy atom. The summed E-state index contributed by atoms with van der Waals surface area (Å²) in [5, 5.41) is 29.4. The number of amides is 1. The number of nitrogens with one attached hydrogen (secondary N) is 1. The average molecular weight is 235 g/mol. The summed E-state index contributed by atoms with van der Waals surface area (Å²) in [7, 11) is 0. The molecular weight excluding hydrogens is 230 g/mol. The van der Waals surface area contributed by atoms with Gasteiger partial charge in [0.2, 0.25) is 0 Å². The molecule has 1 rings (SSSR count). The van der Waals surface area contributed by atoms with Crippen LogP contribution in [0.25, 0.3) is 0 Å². The Morgan fingerprint density at radius 2 is 2.06 bits per heavy atom. The number of carboxylic acids is 1. The van der Waals surface area contributed by atoms with Crippen molar-refractivity contribution in [3.8, 4) is 6.07 Å². The van der Waals surface area contributed by atoms with Crippen molar-refractivity contribution in [2.45, 2.75) is 0 Å². The van der Waals surface area contributed by atoms with Gasteiger partial charge in [-0.15, -0.1) is 0 Å². The predicted octanol–water partition coefficient (Wildman–Crippen LogP) is 0.490. The van der Waals surface area contributed by atoms with Gasteiger partial charge in [-0.3, -0.25) is 14.9 Å². The van der Waals surface area contributed by atoms with Gasteiger partial charge in [0.05, 0.1) is 16.6 Å². The number of hydrogen-bond donors (Lipinski definition) is 2. The van der Waals surface area contributed by atoms with Crippen molar-refractivity contribution < 1.29 is 19.6 Å². The lowest BCUT2D eigenvalue weighted by Gasteiger charge is -2.02. The van der Waals surface area contributed by atoms with Crippen molar-refractivity contribution in [1.29, 1.82) is 5.26 Å². The quantitative estimate of drug-likeness (QED) is 0.435. The second kappa shape index (κ2) is 4.71. The van der Waals surface area contributed by atoms with Gasteiger partial charge in [0.25, 0.3) is 5.69 Å². The monoisotopic (exact) mass is 235 g/mol. The van der Waals surface area contributed by atoms with Gasteiger partial charge >= 0.3 is 11.9 Å². The minimum Gasteiger partial charge on any atom is -0.474 e. The lowest BCUT2D eigenvalue weighted by molar-refractivity contribution is -0.384. The first-order valence-corrected chi connectivity index (χ1v) is 4.18. The normalized spacial score (nSPS) is 9.12. The second-order valence-corrected chi connectivity index (χ2v) is 2.90. The highest BCUT2D eigenvalue weighted by atomic mass is 16.6. The van der Waals surface area contributed by atoms with E-state index >= 15 is 0 Å². The zero-order chi connectivity index (χ0) is 13.0. The molecule has 0 aliphatic rings. The highest BCUT2D eigenvalue weighted by Gasteiger charge is 2.15. The maximum Gasteiger partial charge on any atom is 0.394 e. The van der Waals surface area contributed by atoms with Crippen LogP contribution < -0.4 is 5.32 Å². The Balaban J connectivity index is 3.12. The maximum atomic E-state index is 10.8. The summed E-state index contributed by atoms with van der Waals surface area (Å²) < 4.78 is 0. The molecule has 0 saturated carbocycles. The molecule has 0 saturated heterocycles. The third-order valence-electron chi connectivity index (χ3n) is 1.71. The van der Waals surface area contributed by atoms with Crippen molar-refractivity contribution >= 4 is 23.3 Å². The number of carboxylic acid groups (broad SMARTS) is 1. The number of non-ortho nitro benzene ring substituents is 1. The highest BCUT2D eigenvalue weighted by molar-refractivity contribution is 6.36. The summed E-state index contributed by atoms with van der Waals surface area (Å²) in [6.07, 6.45) is 0. The Morgan fingerprint density at radius 3 is 2.53 bits per heavy atom. The van der Waals surface area contributed by atoms with E-state index in [1.165, 1.54) is 0 Å². The van der Waals surface area contributed by atoms with Gasteiger partial charge in [-0.05, 0) is 6.07 Å². The molecule has 0 aliphatic heterocycles. The molecule has 0 spiro atoms. The van der Waals surface area contributed by atoms with Crippen LogP contribution in [0, 0.1) is 21.4 Å². The van der Waals surface area contributed by atoms with E-state index in [1.54, 1.807) is 6.07 Å². The van der Waals surface area contributed by atoms with Crippen LogP contribution in [0.15, 0.2) is 18.2 Å². The van der Waals surface area contributed by atoms with Gasteiger partial charge in [0, 0.05) is 17.8 Å². The highest BCUT2D eigenvalue weighted by Crippen LogP contribution is 2.20. The molecule has 1 aromatic carbocycles. The fourth-order valence-electron chi connectivity index (χ4n) is 1.04. The van der Waals surface area contributed by atoms with E-state index in [9.17, 15) is 19.7 Å². The number of nitriles is 1. The third kappa shape index (κ3) is 3.00. The molecule has 8 heteroatoms. The first-order chi connectivity index (χ1) is 7.93. The first-order valence-electron chi connectivity index (χ1n) is 4.18. The van der Waals surface area contributed by atoms with Crippen LogP contribution in [-0.2, 0) is 9.59 Å². The van der Waals surface area contributed by atoms with Crippen molar-refractivity contribution in [2.24, 2.45) is 0 Å². The van der Waals surface area contributed by atoms with Crippen molar-refractivity contribution in [2.75, 3.05) is 5.32 Å². The number of carbonyl (C=O) groups is 2. The molecule has 0 bridgehead atoms. The first kappa shape index (κ1) is 12.1. The lowest BCUT2D eigenvalue weighted by atomic mass is 10.2. The van der Waals surface area contributed by atoms with Gasteiger partial charge in [-0.1, -0.05) is 0 Å². The van der Waals surface area contributed by atoms with Crippen molar-refractivity contribution in [3.63, 3.8) is 0 Å². The number of nitrogens with zero attached hydrogens (tertiary/aromatic N) is 2. The fraction of sp³-hybridized carbons (Fsp3) is 0. The number of nitro groups is 1. The Labute approximate surface area is 94.2 Å². The standard InChI is InChI=1S/C9H5N3O5/c10-4-5-1-6(11-8(13)9(14)15)3-7(2-5)12(16)17/h1-3H,(H,11,13)(H,14,15). The zero-order valence-corrected chi connectivity index (χ0v) is 8.21. The molecule has 0 heterocycles. The molecule has 1 amide bonds. The van der Waals surface area contributed by atoms with Crippen LogP contribution >= 0.6 is 0 Å². The Hall–Kier alpha value is -2.95. The van der Waals surface area contributed by atoms with E-state index in [-0.39, 0.29) is 11.3 Å². The smallest absolute Gasteiger partial charge is 0.394 e. The van der Waals surface area contributed by atoms with E-state index in [4.69, 9.17) is 10.4 Å². The van der Waals surface area contributed by atoms with E-state index in [2.05, 4.69) is 0 Å². The fourth-order valence-corrected chi connectivity index (χ4v) is 1.04. The number of benzene rings is 1. The molecule has 0 aliphatic carbocycles. The number of aliphatic carboxylic acids is 1. The molecule has 0 aromatic heterocycles. The van der Waals surface area contributed by atoms with Gasteiger partial charge in [0.1, 0.15) is 0 Å². The number of rotatable bonds is 2. The van der Waals surface area contributed by atoms with Crippen LogP contribution in [0.3, 0.4) is 0 Å². The van der Waals surface area contributed by atoms with Crippen molar-refractivity contribution in [3.05, 3.63) is 33.9 Å². The summed E-state index contributed by atoms with van der Waals surface area (Å²) in [5.74, 6) is -3.07. The summed E-state index contributed by atoms with van der Waals surface area (Å²) in [5.41, 5.74) is -0.590. The van der Waals surface area contributed by atoms with Crippen LogP contribution in [0.4, 0.5) is 11.4 Å². The minimum absolute atomic E-state index is 0.0557. The molecule has 2 N–H and O–H groups in total.